The van der Waals surface area contributed by atoms with E-state index in [2.05, 4.69) is 38.6 Å². The Bertz CT molecular complexity index is 1100. The summed E-state index contributed by atoms with van der Waals surface area (Å²) in [4.78, 5) is 4.79. The molecule has 1 aliphatic carbocycles. The molecular formula is C30H37N3O2. The van der Waals surface area contributed by atoms with Crippen LogP contribution in [0.1, 0.15) is 64.0 Å². The van der Waals surface area contributed by atoms with E-state index in [1.165, 1.54) is 18.4 Å². The van der Waals surface area contributed by atoms with Crippen LogP contribution in [0.5, 0.6) is 5.75 Å². The van der Waals surface area contributed by atoms with Crippen LogP contribution in [0.4, 0.5) is 0 Å². The minimum Gasteiger partial charge on any atom is -0.474 e. The van der Waals surface area contributed by atoms with Gasteiger partial charge in [0.05, 0.1) is 11.6 Å². The second-order valence-electron chi connectivity index (χ2n) is 9.20. The molecule has 0 spiro atoms. The standard InChI is InChI=1S/C30H37N3O2/c1-5-21(2)23(4)33-30(35-27-8-6-7-9-27)18-22(3)34-29-19-25(20-32)12-15-28(29)26-13-10-24(11-14-26)16-17-31/h10-15,18-19,21,27H,3,5-9,16-17,31H2,1-2,4H3/b30-18+,33-23-. The molecular weight excluding hydrogens is 434 g/mol. The Hall–Kier alpha value is -3.36. The monoisotopic (exact) mass is 471 g/mol. The summed E-state index contributed by atoms with van der Waals surface area (Å²) in [5.74, 6) is 1.87. The van der Waals surface area contributed by atoms with Crippen molar-refractivity contribution in [2.75, 3.05) is 6.54 Å². The van der Waals surface area contributed by atoms with Crippen LogP contribution in [0.15, 0.2) is 71.8 Å². The van der Waals surface area contributed by atoms with Crippen molar-refractivity contribution in [1.29, 1.82) is 5.26 Å². The summed E-state index contributed by atoms with van der Waals surface area (Å²) in [5.41, 5.74) is 10.3. The molecule has 2 aromatic rings. The molecule has 1 aliphatic rings. The fraction of sp³-hybridized carbons (Fsp3) is 0.400. The van der Waals surface area contributed by atoms with E-state index in [4.69, 9.17) is 20.2 Å². The summed E-state index contributed by atoms with van der Waals surface area (Å²) in [6.45, 7) is 11.1. The highest BCUT2D eigenvalue weighted by Crippen LogP contribution is 2.33. The molecule has 2 N–H and O–H groups in total. The fourth-order valence-corrected chi connectivity index (χ4v) is 4.09. The third kappa shape index (κ3) is 7.56. The highest BCUT2D eigenvalue weighted by atomic mass is 16.5. The number of nitriles is 1. The average Bonchev–Trinajstić information content (AvgIpc) is 3.37. The maximum absolute atomic E-state index is 9.44. The molecule has 1 atom stereocenters. The van der Waals surface area contributed by atoms with Gasteiger partial charge in [0.2, 0.25) is 5.88 Å². The zero-order valence-electron chi connectivity index (χ0n) is 21.2. The van der Waals surface area contributed by atoms with Gasteiger partial charge in [-0.25, -0.2) is 4.99 Å². The third-order valence-corrected chi connectivity index (χ3v) is 6.54. The van der Waals surface area contributed by atoms with E-state index in [1.54, 1.807) is 18.2 Å². The van der Waals surface area contributed by atoms with Gasteiger partial charge in [0.1, 0.15) is 17.6 Å². The second-order valence-corrected chi connectivity index (χ2v) is 9.20. The largest absolute Gasteiger partial charge is 0.474 e. The molecule has 5 heteroatoms. The van der Waals surface area contributed by atoms with Crippen molar-refractivity contribution in [3.8, 4) is 22.9 Å². The summed E-state index contributed by atoms with van der Waals surface area (Å²) < 4.78 is 12.4. The van der Waals surface area contributed by atoms with Gasteiger partial charge in [0, 0.05) is 17.4 Å². The molecule has 1 saturated carbocycles. The van der Waals surface area contributed by atoms with Crippen molar-refractivity contribution in [2.24, 2.45) is 16.6 Å². The predicted octanol–water partition coefficient (Wildman–Crippen LogP) is 6.93. The molecule has 0 heterocycles. The highest BCUT2D eigenvalue weighted by molar-refractivity contribution is 5.84. The molecule has 0 amide bonds. The quantitative estimate of drug-likeness (QED) is 0.219. The minimum atomic E-state index is 0.173. The molecule has 184 valence electrons. The van der Waals surface area contributed by atoms with Gasteiger partial charge in [-0.1, -0.05) is 44.7 Å². The summed E-state index contributed by atoms with van der Waals surface area (Å²) in [6.07, 6.45) is 8.21. The van der Waals surface area contributed by atoms with E-state index >= 15 is 0 Å². The first-order valence-corrected chi connectivity index (χ1v) is 12.6. The van der Waals surface area contributed by atoms with Crippen molar-refractivity contribution in [1.82, 2.24) is 0 Å². The lowest BCUT2D eigenvalue weighted by Gasteiger charge is -2.17. The maximum Gasteiger partial charge on any atom is 0.217 e. The summed E-state index contributed by atoms with van der Waals surface area (Å²) >= 11 is 0. The van der Waals surface area contributed by atoms with Crippen molar-refractivity contribution >= 4 is 5.71 Å². The summed E-state index contributed by atoms with van der Waals surface area (Å²) in [5, 5.41) is 9.44. The first kappa shape index (κ1) is 26.2. The number of benzene rings is 2. The van der Waals surface area contributed by atoms with E-state index in [9.17, 15) is 5.26 Å². The van der Waals surface area contributed by atoms with Crippen LogP contribution in [-0.4, -0.2) is 18.4 Å². The van der Waals surface area contributed by atoms with Gasteiger partial charge in [-0.3, -0.25) is 0 Å². The molecule has 1 unspecified atom stereocenters. The first-order valence-electron chi connectivity index (χ1n) is 12.6. The molecule has 0 bridgehead atoms. The van der Waals surface area contributed by atoms with Gasteiger partial charge >= 0.3 is 0 Å². The second kappa shape index (κ2) is 12.9. The Labute approximate surface area is 210 Å². The normalized spacial score (nSPS) is 15.5. The molecule has 0 aliphatic heterocycles. The lowest BCUT2D eigenvalue weighted by atomic mass is 10.0. The molecule has 1 fully saturated rings. The maximum atomic E-state index is 9.44. The highest BCUT2D eigenvalue weighted by Gasteiger charge is 2.18. The smallest absolute Gasteiger partial charge is 0.217 e. The van der Waals surface area contributed by atoms with Crippen LogP contribution in [-0.2, 0) is 11.2 Å². The van der Waals surface area contributed by atoms with Crippen LogP contribution < -0.4 is 10.5 Å². The minimum absolute atomic E-state index is 0.173. The van der Waals surface area contributed by atoms with Crippen molar-refractivity contribution in [2.45, 2.75) is 65.4 Å². The van der Waals surface area contributed by atoms with Crippen LogP contribution in [0.3, 0.4) is 0 Å². The van der Waals surface area contributed by atoms with E-state index in [0.717, 1.165) is 42.5 Å². The van der Waals surface area contributed by atoms with Crippen LogP contribution in [0, 0.1) is 17.2 Å². The molecule has 35 heavy (non-hydrogen) atoms. The number of aliphatic imine (C=N–C) groups is 1. The summed E-state index contributed by atoms with van der Waals surface area (Å²) in [7, 11) is 0. The average molecular weight is 472 g/mol. The molecule has 2 aromatic carbocycles. The Morgan fingerprint density at radius 2 is 1.94 bits per heavy atom. The zero-order chi connectivity index (χ0) is 25.2. The van der Waals surface area contributed by atoms with Gasteiger partial charge < -0.3 is 15.2 Å². The predicted molar refractivity (Wildman–Crippen MR) is 143 cm³/mol. The Balaban J connectivity index is 1.89. The lowest BCUT2D eigenvalue weighted by Crippen LogP contribution is -2.11. The van der Waals surface area contributed by atoms with E-state index in [1.807, 2.05) is 25.1 Å². The fourth-order valence-electron chi connectivity index (χ4n) is 4.09. The Kier molecular flexibility index (Phi) is 9.69. The van der Waals surface area contributed by atoms with E-state index < -0.39 is 0 Å². The molecule has 0 aromatic heterocycles. The van der Waals surface area contributed by atoms with Crippen molar-refractivity contribution < 1.29 is 9.47 Å². The molecule has 0 radical (unpaired) electrons. The van der Waals surface area contributed by atoms with E-state index in [0.29, 0.717) is 35.4 Å². The third-order valence-electron chi connectivity index (χ3n) is 6.54. The number of ether oxygens (including phenoxy) is 2. The molecule has 3 rings (SSSR count). The molecule has 0 saturated heterocycles. The van der Waals surface area contributed by atoms with Crippen LogP contribution in [0.2, 0.25) is 0 Å². The number of allylic oxidation sites excluding steroid dienone is 1. The van der Waals surface area contributed by atoms with Crippen molar-refractivity contribution in [3.05, 3.63) is 77.9 Å². The number of rotatable bonds is 11. The SMILES string of the molecule is C=C(/C=C(\N=C(\C)C(C)CC)OC1CCCC1)Oc1cc(C#N)ccc1-c1ccc(CCN)cc1. The van der Waals surface area contributed by atoms with E-state index in [-0.39, 0.29) is 6.10 Å². The van der Waals surface area contributed by atoms with Gasteiger partial charge in [0.25, 0.3) is 0 Å². The Morgan fingerprint density at radius 1 is 1.23 bits per heavy atom. The number of hydrogen-bond donors (Lipinski definition) is 1. The van der Waals surface area contributed by atoms with Crippen LogP contribution >= 0.6 is 0 Å². The topological polar surface area (TPSA) is 80.6 Å². The zero-order valence-corrected chi connectivity index (χ0v) is 21.2. The summed E-state index contributed by atoms with van der Waals surface area (Å²) in [6, 6.07) is 15.9. The first-order chi connectivity index (χ1) is 16.9. The van der Waals surface area contributed by atoms with Crippen molar-refractivity contribution in [3.63, 3.8) is 0 Å². The van der Waals surface area contributed by atoms with Gasteiger partial charge in [-0.15, -0.1) is 0 Å². The van der Waals surface area contributed by atoms with Gasteiger partial charge in [-0.2, -0.15) is 5.26 Å². The number of nitrogens with zero attached hydrogens (tertiary/aromatic N) is 2. The van der Waals surface area contributed by atoms with Crippen LogP contribution in [0.25, 0.3) is 11.1 Å². The Morgan fingerprint density at radius 3 is 2.57 bits per heavy atom. The van der Waals surface area contributed by atoms with Gasteiger partial charge in [0.15, 0.2) is 0 Å². The van der Waals surface area contributed by atoms with Gasteiger partial charge in [-0.05, 0) is 87.2 Å². The number of hydrogen-bond acceptors (Lipinski definition) is 5. The lowest BCUT2D eigenvalue weighted by molar-refractivity contribution is 0.120. The molecule has 5 nitrogen and oxygen atoms in total. The number of nitrogens with two attached hydrogens (primary N) is 1.